The average Bonchev–Trinajstić information content (AvgIpc) is 2.79. The Balaban J connectivity index is 2.60. The van der Waals surface area contributed by atoms with Crippen LogP contribution in [0.3, 0.4) is 0 Å². The number of halogens is 6. The Morgan fingerprint density at radius 3 is 2.15 bits per heavy atom. The van der Waals surface area contributed by atoms with Crippen molar-refractivity contribution >= 4 is 5.69 Å². The van der Waals surface area contributed by atoms with E-state index in [-0.39, 0.29) is 19.3 Å². The summed E-state index contributed by atoms with van der Waals surface area (Å²) < 4.78 is 76.2. The Morgan fingerprint density at radius 1 is 1.05 bits per heavy atom. The van der Waals surface area contributed by atoms with Gasteiger partial charge in [-0.25, -0.2) is 0 Å². The van der Waals surface area contributed by atoms with Gasteiger partial charge in [-0.3, -0.25) is 5.32 Å². The highest BCUT2D eigenvalue weighted by Gasteiger charge is 2.40. The van der Waals surface area contributed by atoms with Gasteiger partial charge in [-0.1, -0.05) is 0 Å². The summed E-state index contributed by atoms with van der Waals surface area (Å²) >= 11 is 0. The molecule has 0 unspecified atom stereocenters. The van der Waals surface area contributed by atoms with Gasteiger partial charge in [0.1, 0.15) is 0 Å². The molecule has 1 aromatic rings. The first-order chi connectivity index (χ1) is 9.10. The van der Waals surface area contributed by atoms with Gasteiger partial charge < -0.3 is 10.0 Å². The summed E-state index contributed by atoms with van der Waals surface area (Å²) in [4.78, 5) is 1.22. The average molecular weight is 300 g/mol. The zero-order valence-corrected chi connectivity index (χ0v) is 9.94. The highest BCUT2D eigenvalue weighted by atomic mass is 19.4. The molecule has 1 fully saturated rings. The molecule has 0 atom stereocenters. The second-order valence-electron chi connectivity index (χ2n) is 4.31. The lowest BCUT2D eigenvalue weighted by Gasteiger charge is -2.22. The summed E-state index contributed by atoms with van der Waals surface area (Å²) in [6.07, 6.45) is -9.98. The fourth-order valence-electron chi connectivity index (χ4n) is 1.95. The minimum atomic E-state index is -5.06. The number of benzene rings is 1. The molecule has 0 aliphatic carbocycles. The topological polar surface area (TPSA) is 35.5 Å². The van der Waals surface area contributed by atoms with Crippen molar-refractivity contribution in [2.75, 3.05) is 24.7 Å². The fourth-order valence-corrected chi connectivity index (χ4v) is 1.95. The van der Waals surface area contributed by atoms with E-state index in [1.54, 1.807) is 0 Å². The first-order valence-corrected chi connectivity index (χ1v) is 5.58. The third kappa shape index (κ3) is 2.77. The zero-order chi connectivity index (χ0) is 15.1. The Kier molecular flexibility index (Phi) is 3.49. The molecule has 1 aliphatic heterocycles. The Morgan fingerprint density at radius 2 is 1.70 bits per heavy atom. The molecule has 3 nitrogen and oxygen atoms in total. The second kappa shape index (κ2) is 4.72. The first-order valence-electron chi connectivity index (χ1n) is 5.58. The molecule has 2 rings (SSSR count). The van der Waals surface area contributed by atoms with Crippen LogP contribution < -0.4 is 10.2 Å². The summed E-state index contributed by atoms with van der Waals surface area (Å²) in [5.74, 6) is -1.19. The van der Waals surface area contributed by atoms with Gasteiger partial charge >= 0.3 is 12.4 Å². The van der Waals surface area contributed by atoms with Gasteiger partial charge in [0.2, 0.25) is 0 Å². The first kappa shape index (κ1) is 14.8. The van der Waals surface area contributed by atoms with Crippen LogP contribution in [0.15, 0.2) is 12.1 Å². The highest BCUT2D eigenvalue weighted by Crippen LogP contribution is 2.45. The van der Waals surface area contributed by atoms with E-state index in [1.807, 2.05) is 0 Å². The van der Waals surface area contributed by atoms with Crippen molar-refractivity contribution < 1.29 is 31.4 Å². The third-order valence-corrected chi connectivity index (χ3v) is 2.92. The molecule has 0 amide bonds. The number of hydrogen-bond donors (Lipinski definition) is 2. The van der Waals surface area contributed by atoms with Gasteiger partial charge in [-0.05, 0) is 12.1 Å². The summed E-state index contributed by atoms with van der Waals surface area (Å²) in [5.41, 5.74) is -3.60. The number of nitrogens with zero attached hydrogens (tertiary/aromatic N) is 1. The smallest absolute Gasteiger partial charge is 0.420 e. The lowest BCUT2D eigenvalue weighted by Crippen LogP contribution is -2.23. The highest BCUT2D eigenvalue weighted by molar-refractivity contribution is 5.64. The van der Waals surface area contributed by atoms with Crippen LogP contribution in [0.25, 0.3) is 0 Å². The van der Waals surface area contributed by atoms with Crippen LogP contribution in [0.2, 0.25) is 0 Å². The van der Waals surface area contributed by atoms with Crippen LogP contribution in [0.1, 0.15) is 11.1 Å². The maximum atomic E-state index is 12.7. The summed E-state index contributed by atoms with van der Waals surface area (Å²) in [7, 11) is 0. The molecule has 1 heterocycles. The van der Waals surface area contributed by atoms with Gasteiger partial charge in [0.25, 0.3) is 0 Å². The number of phenolic OH excluding ortho intramolecular Hbond substituents is 1. The van der Waals surface area contributed by atoms with E-state index < -0.39 is 34.9 Å². The van der Waals surface area contributed by atoms with Gasteiger partial charge in [0, 0.05) is 13.1 Å². The van der Waals surface area contributed by atoms with Crippen molar-refractivity contribution in [3.63, 3.8) is 0 Å². The van der Waals surface area contributed by atoms with Crippen LogP contribution in [0, 0.1) is 0 Å². The van der Waals surface area contributed by atoms with Crippen molar-refractivity contribution in [2.24, 2.45) is 0 Å². The largest absolute Gasteiger partial charge is 0.505 e. The number of hydrogen-bond acceptors (Lipinski definition) is 3. The van der Waals surface area contributed by atoms with Gasteiger partial charge in [-0.2, -0.15) is 26.3 Å². The van der Waals surface area contributed by atoms with E-state index in [4.69, 9.17) is 0 Å². The summed E-state index contributed by atoms with van der Waals surface area (Å²) in [6.45, 7) is 0.704. The second-order valence-corrected chi connectivity index (χ2v) is 4.31. The Labute approximate surface area is 109 Å². The molecule has 1 aliphatic rings. The van der Waals surface area contributed by atoms with Crippen molar-refractivity contribution in [1.82, 2.24) is 5.32 Å². The molecular weight excluding hydrogens is 290 g/mol. The molecule has 0 saturated carbocycles. The molecule has 112 valence electrons. The number of aromatic hydroxyl groups is 1. The molecule has 0 spiro atoms. The lowest BCUT2D eigenvalue weighted by molar-refractivity contribution is -0.143. The minimum absolute atomic E-state index is 0.0756. The van der Waals surface area contributed by atoms with E-state index >= 15 is 0 Å². The molecular formula is C11H10F6N2O. The van der Waals surface area contributed by atoms with Crippen molar-refractivity contribution in [3.8, 4) is 5.75 Å². The number of phenols is 1. The van der Waals surface area contributed by atoms with E-state index in [0.29, 0.717) is 12.6 Å². The molecule has 0 bridgehead atoms. The molecule has 0 radical (unpaired) electrons. The maximum absolute atomic E-state index is 12.7. The van der Waals surface area contributed by atoms with Gasteiger partial charge in [0.05, 0.1) is 23.5 Å². The standard InChI is InChI=1S/C11H10F6N2O/c12-10(13,14)6-3-7(11(15,16)17)9(20)8(4-6)19-2-1-18-5-19/h3-4,18,20H,1-2,5H2. The molecule has 20 heavy (non-hydrogen) atoms. The quantitative estimate of drug-likeness (QED) is 0.783. The normalized spacial score (nSPS) is 16.8. The molecule has 1 saturated heterocycles. The monoisotopic (exact) mass is 300 g/mol. The van der Waals surface area contributed by atoms with E-state index in [1.165, 1.54) is 4.90 Å². The number of anilines is 1. The van der Waals surface area contributed by atoms with E-state index in [0.717, 1.165) is 0 Å². The third-order valence-electron chi connectivity index (χ3n) is 2.92. The van der Waals surface area contributed by atoms with E-state index in [9.17, 15) is 31.4 Å². The zero-order valence-electron chi connectivity index (χ0n) is 9.94. The molecule has 2 N–H and O–H groups in total. The molecule has 1 aromatic carbocycles. The van der Waals surface area contributed by atoms with E-state index in [2.05, 4.69) is 5.32 Å². The van der Waals surface area contributed by atoms with Crippen LogP contribution in [0.5, 0.6) is 5.75 Å². The molecule has 0 aromatic heterocycles. The van der Waals surface area contributed by atoms with Gasteiger partial charge in [-0.15, -0.1) is 0 Å². The summed E-state index contributed by atoms with van der Waals surface area (Å²) in [6, 6.07) is 0.444. The Hall–Kier alpha value is -1.64. The van der Waals surface area contributed by atoms with Crippen molar-refractivity contribution in [2.45, 2.75) is 12.4 Å². The fraction of sp³-hybridized carbons (Fsp3) is 0.455. The Bertz CT molecular complexity index is 505. The predicted molar refractivity (Wildman–Crippen MR) is 58.3 cm³/mol. The number of nitrogens with one attached hydrogen (secondary N) is 1. The predicted octanol–water partition coefficient (Wildman–Crippen LogP) is 2.80. The van der Waals surface area contributed by atoms with Crippen LogP contribution in [0.4, 0.5) is 32.0 Å². The van der Waals surface area contributed by atoms with Crippen LogP contribution in [-0.4, -0.2) is 24.9 Å². The van der Waals surface area contributed by atoms with Crippen molar-refractivity contribution in [3.05, 3.63) is 23.3 Å². The maximum Gasteiger partial charge on any atom is 0.420 e. The number of alkyl halides is 6. The van der Waals surface area contributed by atoms with Crippen LogP contribution in [-0.2, 0) is 12.4 Å². The SMILES string of the molecule is Oc1c(N2CCNC2)cc(C(F)(F)F)cc1C(F)(F)F. The minimum Gasteiger partial charge on any atom is -0.505 e. The lowest BCUT2D eigenvalue weighted by atomic mass is 10.1. The van der Waals surface area contributed by atoms with Crippen molar-refractivity contribution in [1.29, 1.82) is 0 Å². The van der Waals surface area contributed by atoms with Crippen LogP contribution >= 0.6 is 0 Å². The number of rotatable bonds is 1. The summed E-state index contributed by atoms with van der Waals surface area (Å²) in [5, 5.41) is 12.4. The van der Waals surface area contributed by atoms with Gasteiger partial charge in [0.15, 0.2) is 5.75 Å². The molecule has 9 heteroatoms.